The van der Waals surface area contributed by atoms with E-state index in [0.29, 0.717) is 23.9 Å². The van der Waals surface area contributed by atoms with Gasteiger partial charge >= 0.3 is 0 Å². The second kappa shape index (κ2) is 8.03. The van der Waals surface area contributed by atoms with Gasteiger partial charge in [0.1, 0.15) is 17.2 Å². The van der Waals surface area contributed by atoms with Gasteiger partial charge in [-0.2, -0.15) is 0 Å². The van der Waals surface area contributed by atoms with Gasteiger partial charge in [0, 0.05) is 12.6 Å². The highest BCUT2D eigenvalue weighted by Gasteiger charge is 2.14. The van der Waals surface area contributed by atoms with Crippen LogP contribution in [0.3, 0.4) is 0 Å². The third-order valence-electron chi connectivity index (χ3n) is 3.32. The molecule has 7 heteroatoms. The summed E-state index contributed by atoms with van der Waals surface area (Å²) in [6, 6.07) is 11.5. The molecule has 0 aliphatic rings. The number of hydrogen-bond donors (Lipinski definition) is 1. The average molecular weight is 351 g/mol. The van der Waals surface area contributed by atoms with Crippen LogP contribution in [-0.4, -0.2) is 29.2 Å². The molecule has 1 N–H and O–H groups in total. The van der Waals surface area contributed by atoms with E-state index in [4.69, 9.17) is 14.2 Å². The Bertz CT molecular complexity index is 750. The summed E-state index contributed by atoms with van der Waals surface area (Å²) >= 11 is 0. The van der Waals surface area contributed by atoms with Crippen LogP contribution in [0.4, 0.5) is 0 Å². The molecule has 0 radical (unpaired) electrons. The first-order valence-electron chi connectivity index (χ1n) is 7.43. The predicted octanol–water partition coefficient (Wildman–Crippen LogP) is 2.58. The van der Waals surface area contributed by atoms with Gasteiger partial charge in [-0.25, -0.2) is 13.1 Å². The molecule has 0 bridgehead atoms. The summed E-state index contributed by atoms with van der Waals surface area (Å²) in [4.78, 5) is 0.181. The molecule has 0 saturated heterocycles. The monoisotopic (exact) mass is 351 g/mol. The molecule has 24 heavy (non-hydrogen) atoms. The predicted molar refractivity (Wildman–Crippen MR) is 91.2 cm³/mol. The topological polar surface area (TPSA) is 73.9 Å². The van der Waals surface area contributed by atoms with E-state index in [1.807, 2.05) is 6.92 Å². The lowest BCUT2D eigenvalue weighted by molar-refractivity contribution is 0.340. The van der Waals surface area contributed by atoms with Gasteiger partial charge in [0.2, 0.25) is 10.0 Å². The number of benzene rings is 2. The van der Waals surface area contributed by atoms with Crippen LogP contribution in [0.2, 0.25) is 0 Å². The lowest BCUT2D eigenvalue weighted by Crippen LogP contribution is -2.23. The summed E-state index contributed by atoms with van der Waals surface area (Å²) in [6.07, 6.45) is 0. The van der Waals surface area contributed by atoms with E-state index in [1.165, 1.54) is 12.1 Å². The standard InChI is InChI=1S/C17H21NO5S/c1-4-23-14-5-7-17(8-6-14)24(19,20)18-12-13-9-15(21-2)11-16(10-13)22-3/h5-11,18H,4,12H2,1-3H3. The molecule has 130 valence electrons. The number of ether oxygens (including phenoxy) is 3. The number of sulfonamides is 1. The second-order valence-electron chi connectivity index (χ2n) is 4.95. The van der Waals surface area contributed by atoms with E-state index in [2.05, 4.69) is 4.72 Å². The fraction of sp³-hybridized carbons (Fsp3) is 0.294. The zero-order valence-electron chi connectivity index (χ0n) is 13.9. The van der Waals surface area contributed by atoms with E-state index in [-0.39, 0.29) is 11.4 Å². The first kappa shape index (κ1) is 18.1. The molecule has 0 aromatic heterocycles. The molecule has 0 aliphatic heterocycles. The van der Waals surface area contributed by atoms with Crippen LogP contribution in [0.5, 0.6) is 17.2 Å². The molecule has 0 amide bonds. The SMILES string of the molecule is CCOc1ccc(S(=O)(=O)NCc2cc(OC)cc(OC)c2)cc1. The zero-order chi connectivity index (χ0) is 17.6. The van der Waals surface area contributed by atoms with Gasteiger partial charge in [-0.3, -0.25) is 0 Å². The van der Waals surface area contributed by atoms with Crippen LogP contribution in [0.15, 0.2) is 47.4 Å². The van der Waals surface area contributed by atoms with Crippen molar-refractivity contribution in [2.24, 2.45) is 0 Å². The van der Waals surface area contributed by atoms with Crippen LogP contribution >= 0.6 is 0 Å². The molecule has 0 spiro atoms. The number of hydrogen-bond acceptors (Lipinski definition) is 5. The molecular weight excluding hydrogens is 330 g/mol. The summed E-state index contributed by atoms with van der Waals surface area (Å²) in [6.45, 7) is 2.53. The van der Waals surface area contributed by atoms with E-state index in [0.717, 1.165) is 5.56 Å². The van der Waals surface area contributed by atoms with Crippen molar-refractivity contribution in [1.29, 1.82) is 0 Å². The maximum Gasteiger partial charge on any atom is 0.240 e. The van der Waals surface area contributed by atoms with Crippen molar-refractivity contribution in [3.63, 3.8) is 0 Å². The Morgan fingerprint density at radius 3 is 2.00 bits per heavy atom. The van der Waals surface area contributed by atoms with Gasteiger partial charge in [-0.15, -0.1) is 0 Å². The largest absolute Gasteiger partial charge is 0.497 e. The summed E-state index contributed by atoms with van der Waals surface area (Å²) in [5, 5.41) is 0. The van der Waals surface area contributed by atoms with Crippen LogP contribution < -0.4 is 18.9 Å². The van der Waals surface area contributed by atoms with Crippen LogP contribution in [0, 0.1) is 0 Å². The molecule has 2 aromatic rings. The normalized spacial score (nSPS) is 11.1. The zero-order valence-corrected chi connectivity index (χ0v) is 14.7. The average Bonchev–Trinajstić information content (AvgIpc) is 2.60. The van der Waals surface area contributed by atoms with Crippen molar-refractivity contribution in [1.82, 2.24) is 4.72 Å². The lowest BCUT2D eigenvalue weighted by atomic mass is 10.2. The first-order chi connectivity index (χ1) is 11.5. The van der Waals surface area contributed by atoms with Gasteiger partial charge in [-0.05, 0) is 48.9 Å². The van der Waals surface area contributed by atoms with Gasteiger partial charge in [-0.1, -0.05) is 0 Å². The van der Waals surface area contributed by atoms with Crippen LogP contribution in [0.1, 0.15) is 12.5 Å². The molecular formula is C17H21NO5S. The Balaban J connectivity index is 2.12. The minimum Gasteiger partial charge on any atom is -0.497 e. The Kier molecular flexibility index (Phi) is 6.05. The summed E-state index contributed by atoms with van der Waals surface area (Å²) in [5.41, 5.74) is 0.737. The molecule has 0 saturated carbocycles. The molecule has 2 rings (SSSR count). The highest BCUT2D eigenvalue weighted by atomic mass is 32.2. The number of methoxy groups -OCH3 is 2. The van der Waals surface area contributed by atoms with E-state index >= 15 is 0 Å². The third-order valence-corrected chi connectivity index (χ3v) is 4.74. The fourth-order valence-electron chi connectivity index (χ4n) is 2.11. The van der Waals surface area contributed by atoms with Crippen LogP contribution in [0.25, 0.3) is 0 Å². The van der Waals surface area contributed by atoms with Gasteiger partial charge < -0.3 is 14.2 Å². The van der Waals surface area contributed by atoms with Crippen molar-refractivity contribution in [2.45, 2.75) is 18.4 Å². The van der Waals surface area contributed by atoms with E-state index < -0.39 is 10.0 Å². The summed E-state index contributed by atoms with van der Waals surface area (Å²) in [7, 11) is -0.528. The van der Waals surface area contributed by atoms with Crippen molar-refractivity contribution >= 4 is 10.0 Å². The molecule has 2 aromatic carbocycles. The molecule has 0 aliphatic carbocycles. The number of rotatable bonds is 8. The van der Waals surface area contributed by atoms with Gasteiger partial charge in [0.05, 0.1) is 25.7 Å². The fourth-order valence-corrected chi connectivity index (χ4v) is 3.13. The summed E-state index contributed by atoms with van der Waals surface area (Å²) < 4.78 is 43.0. The van der Waals surface area contributed by atoms with Crippen molar-refractivity contribution in [3.05, 3.63) is 48.0 Å². The third kappa shape index (κ3) is 4.62. The maximum absolute atomic E-state index is 12.4. The second-order valence-corrected chi connectivity index (χ2v) is 6.72. The smallest absolute Gasteiger partial charge is 0.240 e. The Morgan fingerprint density at radius 1 is 0.917 bits per heavy atom. The summed E-state index contributed by atoms with van der Waals surface area (Å²) in [5.74, 6) is 1.84. The van der Waals surface area contributed by atoms with Gasteiger partial charge in [0.15, 0.2) is 0 Å². The minimum absolute atomic E-state index is 0.128. The highest BCUT2D eigenvalue weighted by molar-refractivity contribution is 7.89. The Hall–Kier alpha value is -2.25. The maximum atomic E-state index is 12.4. The Labute approximate surface area is 142 Å². The lowest BCUT2D eigenvalue weighted by Gasteiger charge is -2.10. The van der Waals surface area contributed by atoms with Crippen molar-refractivity contribution in [3.8, 4) is 17.2 Å². The highest BCUT2D eigenvalue weighted by Crippen LogP contribution is 2.23. The minimum atomic E-state index is -3.62. The molecule has 0 atom stereocenters. The van der Waals surface area contributed by atoms with Crippen molar-refractivity contribution in [2.75, 3.05) is 20.8 Å². The number of nitrogens with one attached hydrogen (secondary N) is 1. The molecule has 0 heterocycles. The van der Waals surface area contributed by atoms with E-state index in [1.54, 1.807) is 44.6 Å². The van der Waals surface area contributed by atoms with Crippen LogP contribution in [-0.2, 0) is 16.6 Å². The van der Waals surface area contributed by atoms with Gasteiger partial charge in [0.25, 0.3) is 0 Å². The first-order valence-corrected chi connectivity index (χ1v) is 8.91. The Morgan fingerprint density at radius 2 is 1.50 bits per heavy atom. The van der Waals surface area contributed by atoms with E-state index in [9.17, 15) is 8.42 Å². The van der Waals surface area contributed by atoms with Crippen molar-refractivity contribution < 1.29 is 22.6 Å². The quantitative estimate of drug-likeness (QED) is 0.791. The molecule has 0 fully saturated rings. The molecule has 0 unspecified atom stereocenters. The molecule has 6 nitrogen and oxygen atoms in total.